The normalized spacial score (nSPS) is 11.8. The molecular formula is C14H11NO2. The van der Waals surface area contributed by atoms with Crippen LogP contribution >= 0.6 is 0 Å². The first-order valence-electron chi connectivity index (χ1n) is 5.26. The number of ether oxygens (including phenoxy) is 1. The minimum Gasteiger partial charge on any atom is -0.442 e. The van der Waals surface area contributed by atoms with Crippen molar-refractivity contribution in [3.05, 3.63) is 48.0 Å². The summed E-state index contributed by atoms with van der Waals surface area (Å²) in [6, 6.07) is 15.4. The summed E-state index contributed by atoms with van der Waals surface area (Å²) in [5, 5.41) is 11.1. The van der Waals surface area contributed by atoms with E-state index in [9.17, 15) is 4.79 Å². The van der Waals surface area contributed by atoms with E-state index in [1.807, 2.05) is 42.5 Å². The van der Waals surface area contributed by atoms with E-state index in [0.29, 0.717) is 5.56 Å². The van der Waals surface area contributed by atoms with E-state index in [1.54, 1.807) is 6.07 Å². The van der Waals surface area contributed by atoms with Gasteiger partial charge in [-0.05, 0) is 16.8 Å². The Morgan fingerprint density at radius 2 is 1.94 bits per heavy atom. The van der Waals surface area contributed by atoms with E-state index in [2.05, 4.69) is 0 Å². The third kappa shape index (κ3) is 2.43. The van der Waals surface area contributed by atoms with Crippen LogP contribution < -0.4 is 0 Å². The van der Waals surface area contributed by atoms with Crippen LogP contribution in [0, 0.1) is 11.3 Å². The summed E-state index contributed by atoms with van der Waals surface area (Å²) >= 11 is 0. The number of carbonyl (C=O) groups excluding carboxylic acids is 1. The number of nitrogens with zero attached hydrogens (tertiary/aromatic N) is 1. The molecule has 0 aromatic heterocycles. The molecule has 0 amide bonds. The van der Waals surface area contributed by atoms with Gasteiger partial charge in [0.1, 0.15) is 6.07 Å². The van der Waals surface area contributed by atoms with Crippen LogP contribution in [-0.4, -0.2) is 5.97 Å². The zero-order valence-electron chi connectivity index (χ0n) is 9.38. The molecule has 17 heavy (non-hydrogen) atoms. The Morgan fingerprint density at radius 3 is 2.59 bits per heavy atom. The van der Waals surface area contributed by atoms with Crippen LogP contribution in [0.4, 0.5) is 0 Å². The molecule has 3 nitrogen and oxygen atoms in total. The number of carbonyl (C=O) groups is 1. The van der Waals surface area contributed by atoms with Gasteiger partial charge < -0.3 is 4.74 Å². The maximum atomic E-state index is 10.9. The van der Waals surface area contributed by atoms with Gasteiger partial charge >= 0.3 is 5.97 Å². The van der Waals surface area contributed by atoms with Gasteiger partial charge in [-0.1, -0.05) is 36.4 Å². The Labute approximate surface area is 99.2 Å². The molecule has 0 spiro atoms. The fourth-order valence-corrected chi connectivity index (χ4v) is 1.71. The molecule has 0 saturated heterocycles. The van der Waals surface area contributed by atoms with Gasteiger partial charge in [-0.2, -0.15) is 5.26 Å². The molecule has 0 aliphatic carbocycles. The number of hydrogen-bond acceptors (Lipinski definition) is 3. The number of nitriles is 1. The molecule has 0 unspecified atom stereocenters. The first-order chi connectivity index (χ1) is 8.20. The number of esters is 1. The van der Waals surface area contributed by atoms with Gasteiger partial charge in [0.2, 0.25) is 6.10 Å². The third-order valence-corrected chi connectivity index (χ3v) is 2.48. The molecule has 0 heterocycles. The van der Waals surface area contributed by atoms with Crippen molar-refractivity contribution in [1.82, 2.24) is 0 Å². The minimum atomic E-state index is -0.836. The van der Waals surface area contributed by atoms with Gasteiger partial charge in [0.25, 0.3) is 0 Å². The average Bonchev–Trinajstić information content (AvgIpc) is 2.35. The molecule has 1 atom stereocenters. The highest BCUT2D eigenvalue weighted by atomic mass is 16.5. The number of hydrogen-bond donors (Lipinski definition) is 0. The second kappa shape index (κ2) is 4.67. The lowest BCUT2D eigenvalue weighted by Gasteiger charge is -2.10. The van der Waals surface area contributed by atoms with E-state index < -0.39 is 12.1 Å². The Bertz CT molecular complexity index is 598. The predicted octanol–water partition coefficient (Wildman–Crippen LogP) is 2.97. The molecule has 0 saturated carbocycles. The number of fused-ring (bicyclic) bond motifs is 1. The van der Waals surface area contributed by atoms with Crippen molar-refractivity contribution in [2.75, 3.05) is 0 Å². The summed E-state index contributed by atoms with van der Waals surface area (Å²) in [5.74, 6) is -0.454. The van der Waals surface area contributed by atoms with Crippen LogP contribution in [0.15, 0.2) is 42.5 Å². The van der Waals surface area contributed by atoms with Crippen LogP contribution in [0.3, 0.4) is 0 Å². The van der Waals surface area contributed by atoms with Crippen LogP contribution in [0.1, 0.15) is 18.6 Å². The van der Waals surface area contributed by atoms with E-state index in [4.69, 9.17) is 10.00 Å². The molecule has 0 aliphatic rings. The molecule has 0 fully saturated rings. The SMILES string of the molecule is CC(=O)O[C@H](C#N)c1ccc2ccccc2c1. The van der Waals surface area contributed by atoms with Gasteiger partial charge in [0.15, 0.2) is 0 Å². The fraction of sp³-hybridized carbons (Fsp3) is 0.143. The third-order valence-electron chi connectivity index (χ3n) is 2.48. The van der Waals surface area contributed by atoms with Crippen LogP contribution in [0.2, 0.25) is 0 Å². The van der Waals surface area contributed by atoms with Crippen LogP contribution in [0.5, 0.6) is 0 Å². The summed E-state index contributed by atoms with van der Waals surface area (Å²) in [4.78, 5) is 10.9. The zero-order chi connectivity index (χ0) is 12.3. The van der Waals surface area contributed by atoms with Crippen LogP contribution in [-0.2, 0) is 9.53 Å². The molecule has 0 aliphatic heterocycles. The van der Waals surface area contributed by atoms with Crippen LogP contribution in [0.25, 0.3) is 10.8 Å². The highest BCUT2D eigenvalue weighted by Gasteiger charge is 2.13. The molecule has 2 aromatic carbocycles. The van der Waals surface area contributed by atoms with Gasteiger partial charge in [-0.15, -0.1) is 0 Å². The van der Waals surface area contributed by atoms with Gasteiger partial charge in [-0.25, -0.2) is 0 Å². The monoisotopic (exact) mass is 225 g/mol. The first kappa shape index (κ1) is 11.2. The Balaban J connectivity index is 2.41. The van der Waals surface area contributed by atoms with E-state index in [-0.39, 0.29) is 0 Å². The van der Waals surface area contributed by atoms with Gasteiger partial charge in [-0.3, -0.25) is 4.79 Å². The van der Waals surface area contributed by atoms with Crippen molar-refractivity contribution >= 4 is 16.7 Å². The van der Waals surface area contributed by atoms with Gasteiger partial charge in [0.05, 0.1) is 0 Å². The summed E-state index contributed by atoms with van der Waals surface area (Å²) in [6.45, 7) is 1.30. The molecule has 2 rings (SSSR count). The lowest BCUT2D eigenvalue weighted by atomic mass is 10.0. The maximum Gasteiger partial charge on any atom is 0.304 e. The van der Waals surface area contributed by atoms with Crippen molar-refractivity contribution in [3.8, 4) is 6.07 Å². The Hall–Kier alpha value is -2.34. The predicted molar refractivity (Wildman–Crippen MR) is 64.1 cm³/mol. The largest absolute Gasteiger partial charge is 0.442 e. The topological polar surface area (TPSA) is 50.1 Å². The average molecular weight is 225 g/mol. The number of rotatable bonds is 2. The smallest absolute Gasteiger partial charge is 0.304 e. The number of benzene rings is 2. The minimum absolute atomic E-state index is 0.454. The summed E-state index contributed by atoms with van der Waals surface area (Å²) in [5.41, 5.74) is 0.696. The fourth-order valence-electron chi connectivity index (χ4n) is 1.71. The summed E-state index contributed by atoms with van der Waals surface area (Å²) in [6.07, 6.45) is -0.836. The van der Waals surface area contributed by atoms with Crippen molar-refractivity contribution in [2.45, 2.75) is 13.0 Å². The van der Waals surface area contributed by atoms with Crippen molar-refractivity contribution in [2.24, 2.45) is 0 Å². The van der Waals surface area contributed by atoms with Crippen molar-refractivity contribution in [1.29, 1.82) is 5.26 Å². The molecule has 3 heteroatoms. The van der Waals surface area contributed by atoms with Crippen molar-refractivity contribution in [3.63, 3.8) is 0 Å². The summed E-state index contributed by atoms with van der Waals surface area (Å²) < 4.78 is 4.93. The highest BCUT2D eigenvalue weighted by Crippen LogP contribution is 2.22. The molecule has 0 bridgehead atoms. The van der Waals surface area contributed by atoms with E-state index in [0.717, 1.165) is 10.8 Å². The molecule has 0 radical (unpaired) electrons. The highest BCUT2D eigenvalue weighted by molar-refractivity contribution is 5.83. The molecular weight excluding hydrogens is 214 g/mol. The molecule has 84 valence electrons. The second-order valence-electron chi connectivity index (χ2n) is 3.73. The van der Waals surface area contributed by atoms with E-state index >= 15 is 0 Å². The van der Waals surface area contributed by atoms with E-state index in [1.165, 1.54) is 6.92 Å². The second-order valence-corrected chi connectivity index (χ2v) is 3.73. The molecule has 0 N–H and O–H groups in total. The quantitative estimate of drug-likeness (QED) is 0.738. The van der Waals surface area contributed by atoms with Gasteiger partial charge in [0, 0.05) is 12.5 Å². The molecule has 2 aromatic rings. The summed E-state index contributed by atoms with van der Waals surface area (Å²) in [7, 11) is 0. The maximum absolute atomic E-state index is 10.9. The Morgan fingerprint density at radius 1 is 1.24 bits per heavy atom. The first-order valence-corrected chi connectivity index (χ1v) is 5.26. The Kier molecular flexibility index (Phi) is 3.06. The lowest BCUT2D eigenvalue weighted by Crippen LogP contribution is -2.06. The standard InChI is InChI=1S/C14H11NO2/c1-10(16)17-14(9-15)13-7-6-11-4-2-3-5-12(11)8-13/h2-8,14H,1H3/t14-/m1/s1. The van der Waals surface area contributed by atoms with Crippen molar-refractivity contribution < 1.29 is 9.53 Å². The lowest BCUT2D eigenvalue weighted by molar-refractivity contribution is -0.144. The zero-order valence-corrected chi connectivity index (χ0v) is 9.38.